The molecule has 7 nitrogen and oxygen atoms in total. The molecule has 3 aromatic carbocycles. The van der Waals surface area contributed by atoms with E-state index in [0.717, 1.165) is 16.4 Å². The van der Waals surface area contributed by atoms with Crippen molar-refractivity contribution in [3.8, 4) is 11.5 Å². The molecular formula is C23H19NO6. The van der Waals surface area contributed by atoms with Gasteiger partial charge in [0.1, 0.15) is 22.7 Å². The Kier molecular flexibility index (Phi) is 5.26. The maximum atomic E-state index is 12.3. The zero-order valence-electron chi connectivity index (χ0n) is 16.4. The van der Waals surface area contributed by atoms with E-state index in [0.29, 0.717) is 28.3 Å². The van der Waals surface area contributed by atoms with Crippen LogP contribution in [0.2, 0.25) is 0 Å². The van der Waals surface area contributed by atoms with Gasteiger partial charge in [0.2, 0.25) is 0 Å². The summed E-state index contributed by atoms with van der Waals surface area (Å²) >= 11 is 0. The molecule has 30 heavy (non-hydrogen) atoms. The number of hydrogen-bond acceptors (Lipinski definition) is 6. The van der Waals surface area contributed by atoms with Gasteiger partial charge >= 0.3 is 5.97 Å². The Labute approximate surface area is 172 Å². The van der Waals surface area contributed by atoms with Gasteiger partial charge in [0.25, 0.3) is 5.91 Å². The van der Waals surface area contributed by atoms with E-state index < -0.39 is 18.5 Å². The molecule has 0 spiro atoms. The SMILES string of the molecule is COc1ccc(C(=O)OCC(=O)Nc2cc3oc4ccccc4c3cc2OC)cc1. The van der Waals surface area contributed by atoms with Crippen LogP contribution in [-0.4, -0.2) is 32.7 Å². The Morgan fingerprint density at radius 1 is 0.900 bits per heavy atom. The second-order valence-electron chi connectivity index (χ2n) is 6.50. The highest BCUT2D eigenvalue weighted by atomic mass is 16.5. The first-order valence-electron chi connectivity index (χ1n) is 9.19. The minimum atomic E-state index is -0.604. The smallest absolute Gasteiger partial charge is 0.338 e. The molecule has 1 amide bonds. The van der Waals surface area contributed by atoms with Crippen LogP contribution in [-0.2, 0) is 9.53 Å². The number of para-hydroxylation sites is 1. The number of esters is 1. The summed E-state index contributed by atoms with van der Waals surface area (Å²) in [6, 6.07) is 17.6. The third kappa shape index (κ3) is 3.77. The predicted molar refractivity (Wildman–Crippen MR) is 112 cm³/mol. The van der Waals surface area contributed by atoms with E-state index in [1.54, 1.807) is 36.4 Å². The summed E-state index contributed by atoms with van der Waals surface area (Å²) in [7, 11) is 3.05. The van der Waals surface area contributed by atoms with Crippen LogP contribution in [0.4, 0.5) is 5.69 Å². The highest BCUT2D eigenvalue weighted by Gasteiger charge is 2.15. The average Bonchev–Trinajstić information content (AvgIpc) is 3.14. The fourth-order valence-electron chi connectivity index (χ4n) is 3.15. The van der Waals surface area contributed by atoms with Gasteiger partial charge in [0, 0.05) is 16.8 Å². The zero-order valence-corrected chi connectivity index (χ0v) is 16.4. The lowest BCUT2D eigenvalue weighted by Crippen LogP contribution is -2.21. The van der Waals surface area contributed by atoms with Crippen LogP contribution in [0.5, 0.6) is 11.5 Å². The summed E-state index contributed by atoms with van der Waals surface area (Å²) in [6.07, 6.45) is 0. The fraction of sp³-hybridized carbons (Fsp3) is 0.130. The number of ether oxygens (including phenoxy) is 3. The molecule has 0 aliphatic carbocycles. The van der Waals surface area contributed by atoms with Crippen LogP contribution in [0.3, 0.4) is 0 Å². The number of anilines is 1. The van der Waals surface area contributed by atoms with E-state index in [9.17, 15) is 9.59 Å². The van der Waals surface area contributed by atoms with Crippen molar-refractivity contribution < 1.29 is 28.2 Å². The molecule has 7 heteroatoms. The molecule has 1 aromatic heterocycles. The number of hydrogen-bond donors (Lipinski definition) is 1. The number of rotatable bonds is 6. The Morgan fingerprint density at radius 3 is 2.40 bits per heavy atom. The van der Waals surface area contributed by atoms with Gasteiger partial charge in [-0.2, -0.15) is 0 Å². The van der Waals surface area contributed by atoms with Crippen LogP contribution in [0.1, 0.15) is 10.4 Å². The number of fused-ring (bicyclic) bond motifs is 3. The molecule has 0 radical (unpaired) electrons. The highest BCUT2D eigenvalue weighted by molar-refractivity contribution is 6.08. The zero-order chi connectivity index (χ0) is 21.1. The van der Waals surface area contributed by atoms with Gasteiger partial charge in [-0.15, -0.1) is 0 Å². The van der Waals surface area contributed by atoms with E-state index in [4.69, 9.17) is 18.6 Å². The molecule has 4 rings (SSSR count). The standard InChI is InChI=1S/C23H19NO6/c1-27-15-9-7-14(8-10-15)23(26)29-13-22(25)24-18-12-20-17(11-21(18)28-2)16-5-3-4-6-19(16)30-20/h3-12H,13H2,1-2H3,(H,24,25). The molecule has 1 heterocycles. The maximum absolute atomic E-state index is 12.3. The average molecular weight is 405 g/mol. The number of carbonyl (C=O) groups is 2. The summed E-state index contributed by atoms with van der Waals surface area (Å²) in [4.78, 5) is 24.4. The number of nitrogens with one attached hydrogen (secondary N) is 1. The Bertz CT molecular complexity index is 1230. The number of benzene rings is 3. The van der Waals surface area contributed by atoms with E-state index in [-0.39, 0.29) is 0 Å². The van der Waals surface area contributed by atoms with Gasteiger partial charge < -0.3 is 23.9 Å². The number of methoxy groups -OCH3 is 2. The Hall–Kier alpha value is -4.00. The van der Waals surface area contributed by atoms with Gasteiger partial charge in [-0.1, -0.05) is 18.2 Å². The summed E-state index contributed by atoms with van der Waals surface area (Å²) in [5, 5.41) is 4.54. The molecule has 0 saturated heterocycles. The first kappa shape index (κ1) is 19.3. The van der Waals surface area contributed by atoms with Gasteiger partial charge in [0.05, 0.1) is 25.5 Å². The molecule has 0 atom stereocenters. The van der Waals surface area contributed by atoms with Crippen LogP contribution in [0, 0.1) is 0 Å². The number of furan rings is 1. The molecule has 0 bridgehead atoms. The predicted octanol–water partition coefficient (Wildman–Crippen LogP) is 4.40. The highest BCUT2D eigenvalue weighted by Crippen LogP contribution is 2.36. The minimum Gasteiger partial charge on any atom is -0.497 e. The quantitative estimate of drug-likeness (QED) is 0.479. The third-order valence-corrected chi connectivity index (χ3v) is 4.63. The van der Waals surface area contributed by atoms with E-state index in [1.807, 2.05) is 24.3 Å². The van der Waals surface area contributed by atoms with Crippen LogP contribution in [0.15, 0.2) is 65.1 Å². The lowest BCUT2D eigenvalue weighted by Gasteiger charge is -2.11. The molecule has 0 aliphatic rings. The lowest BCUT2D eigenvalue weighted by molar-refractivity contribution is -0.119. The molecule has 0 fully saturated rings. The van der Waals surface area contributed by atoms with Gasteiger partial charge in [0.15, 0.2) is 6.61 Å². The summed E-state index contributed by atoms with van der Waals surface area (Å²) in [5.74, 6) is -0.000575. The molecule has 4 aromatic rings. The van der Waals surface area contributed by atoms with Crippen molar-refractivity contribution in [3.05, 3.63) is 66.2 Å². The molecular weight excluding hydrogens is 386 g/mol. The lowest BCUT2D eigenvalue weighted by atomic mass is 10.1. The molecule has 1 N–H and O–H groups in total. The van der Waals surface area contributed by atoms with Crippen molar-refractivity contribution in [1.82, 2.24) is 0 Å². The topological polar surface area (TPSA) is 87.0 Å². The molecule has 152 valence electrons. The van der Waals surface area contributed by atoms with Crippen LogP contribution >= 0.6 is 0 Å². The van der Waals surface area contributed by atoms with Crippen molar-refractivity contribution in [3.63, 3.8) is 0 Å². The third-order valence-electron chi connectivity index (χ3n) is 4.63. The summed E-state index contributed by atoms with van der Waals surface area (Å²) in [6.45, 7) is -0.438. The van der Waals surface area contributed by atoms with Crippen LogP contribution < -0.4 is 14.8 Å². The van der Waals surface area contributed by atoms with Gasteiger partial charge in [-0.05, 0) is 36.4 Å². The number of carbonyl (C=O) groups excluding carboxylic acids is 2. The monoisotopic (exact) mass is 405 g/mol. The number of amides is 1. The van der Waals surface area contributed by atoms with E-state index >= 15 is 0 Å². The summed E-state index contributed by atoms with van der Waals surface area (Å²) in [5.41, 5.74) is 2.11. The maximum Gasteiger partial charge on any atom is 0.338 e. The van der Waals surface area contributed by atoms with Gasteiger partial charge in [-0.3, -0.25) is 4.79 Å². The molecule has 0 unspecified atom stereocenters. The van der Waals surface area contributed by atoms with Crippen molar-refractivity contribution in [2.45, 2.75) is 0 Å². The molecule has 0 saturated carbocycles. The Morgan fingerprint density at radius 2 is 1.67 bits per heavy atom. The normalized spacial score (nSPS) is 10.7. The second kappa shape index (κ2) is 8.16. The van der Waals surface area contributed by atoms with E-state index in [1.165, 1.54) is 14.2 Å². The largest absolute Gasteiger partial charge is 0.497 e. The summed E-state index contributed by atoms with van der Waals surface area (Å²) < 4.78 is 21.4. The first-order valence-corrected chi connectivity index (χ1v) is 9.19. The van der Waals surface area contributed by atoms with E-state index in [2.05, 4.69) is 5.32 Å². The first-order chi connectivity index (χ1) is 14.6. The van der Waals surface area contributed by atoms with Crippen molar-refractivity contribution in [2.24, 2.45) is 0 Å². The fourth-order valence-corrected chi connectivity index (χ4v) is 3.15. The van der Waals surface area contributed by atoms with Crippen molar-refractivity contribution in [1.29, 1.82) is 0 Å². The van der Waals surface area contributed by atoms with Crippen molar-refractivity contribution in [2.75, 3.05) is 26.1 Å². The second-order valence-corrected chi connectivity index (χ2v) is 6.50. The van der Waals surface area contributed by atoms with Gasteiger partial charge in [-0.25, -0.2) is 4.79 Å². The molecule has 0 aliphatic heterocycles. The van der Waals surface area contributed by atoms with Crippen LogP contribution in [0.25, 0.3) is 21.9 Å². The minimum absolute atomic E-state index is 0.324. The Balaban J connectivity index is 1.48. The van der Waals surface area contributed by atoms with Crippen molar-refractivity contribution >= 4 is 39.5 Å².